The predicted octanol–water partition coefficient (Wildman–Crippen LogP) is 2.69. The second-order valence-electron chi connectivity index (χ2n) is 3.90. The molecule has 0 bridgehead atoms. The van der Waals surface area contributed by atoms with Crippen LogP contribution in [-0.4, -0.2) is 32.2 Å². The minimum Gasteiger partial charge on any atom is -0.229 e. The summed E-state index contributed by atoms with van der Waals surface area (Å²) < 4.78 is 22.1. The Morgan fingerprint density at radius 2 is 1.64 bits per heavy atom. The summed E-state index contributed by atoms with van der Waals surface area (Å²) in [5.41, 5.74) is -0.207. The lowest BCUT2D eigenvalue weighted by atomic mass is 9.85. The van der Waals surface area contributed by atoms with Gasteiger partial charge in [-0.1, -0.05) is 13.3 Å². The lowest BCUT2D eigenvalue weighted by molar-refractivity contribution is 0.331. The highest BCUT2D eigenvalue weighted by molar-refractivity contribution is 7.90. The van der Waals surface area contributed by atoms with Crippen LogP contribution in [0.15, 0.2) is 0 Å². The van der Waals surface area contributed by atoms with E-state index < -0.39 is 9.84 Å². The molecule has 0 aliphatic rings. The minimum atomic E-state index is -2.91. The third kappa shape index (κ3) is 5.42. The Morgan fingerprint density at radius 3 is 1.93 bits per heavy atom. The van der Waals surface area contributed by atoms with Crippen molar-refractivity contribution >= 4 is 33.0 Å². The van der Waals surface area contributed by atoms with Crippen molar-refractivity contribution in [1.82, 2.24) is 0 Å². The molecule has 0 rings (SSSR count). The van der Waals surface area contributed by atoms with Gasteiger partial charge in [0.25, 0.3) is 0 Å². The minimum absolute atomic E-state index is 0.173. The fraction of sp³-hybridized carbons (Fsp3) is 1.00. The number of sulfone groups is 1. The van der Waals surface area contributed by atoms with Gasteiger partial charge in [-0.2, -0.15) is 0 Å². The zero-order valence-corrected chi connectivity index (χ0v) is 11.1. The highest BCUT2D eigenvalue weighted by Crippen LogP contribution is 2.31. The van der Waals surface area contributed by atoms with E-state index in [-0.39, 0.29) is 11.2 Å². The zero-order valence-electron chi connectivity index (χ0n) is 8.72. The van der Waals surface area contributed by atoms with E-state index in [0.717, 1.165) is 12.8 Å². The molecule has 0 fully saturated rings. The van der Waals surface area contributed by atoms with Crippen LogP contribution in [0.4, 0.5) is 0 Å². The van der Waals surface area contributed by atoms with E-state index in [1.165, 1.54) is 6.26 Å². The molecule has 0 atom stereocenters. The standard InChI is InChI=1S/C9H18Cl2O2S/c1-3-4-9(7-10,8-11)5-6-14(2,12)13/h3-8H2,1-2H3. The molecule has 0 saturated carbocycles. The lowest BCUT2D eigenvalue weighted by Gasteiger charge is -2.28. The van der Waals surface area contributed by atoms with Crippen LogP contribution < -0.4 is 0 Å². The summed E-state index contributed by atoms with van der Waals surface area (Å²) >= 11 is 11.7. The van der Waals surface area contributed by atoms with Gasteiger partial charge in [0.05, 0.1) is 5.75 Å². The molecule has 0 unspecified atom stereocenters. The van der Waals surface area contributed by atoms with E-state index in [1.54, 1.807) is 0 Å². The summed E-state index contributed by atoms with van der Waals surface area (Å²) in [4.78, 5) is 0. The maximum atomic E-state index is 11.0. The number of halogens is 2. The molecular formula is C9H18Cl2O2S. The second-order valence-corrected chi connectivity index (χ2v) is 6.69. The molecule has 0 amide bonds. The van der Waals surface area contributed by atoms with Gasteiger partial charge in [0, 0.05) is 18.0 Å². The van der Waals surface area contributed by atoms with Crippen molar-refractivity contribution in [1.29, 1.82) is 0 Å². The first-order valence-corrected chi connectivity index (χ1v) is 7.82. The van der Waals surface area contributed by atoms with Gasteiger partial charge in [0.15, 0.2) is 0 Å². The van der Waals surface area contributed by atoms with Crippen molar-refractivity contribution < 1.29 is 8.42 Å². The molecule has 2 nitrogen and oxygen atoms in total. The van der Waals surface area contributed by atoms with Crippen LogP contribution in [-0.2, 0) is 9.84 Å². The fourth-order valence-electron chi connectivity index (χ4n) is 1.36. The van der Waals surface area contributed by atoms with Crippen LogP contribution in [0.1, 0.15) is 26.2 Å². The molecule has 86 valence electrons. The van der Waals surface area contributed by atoms with E-state index in [2.05, 4.69) is 0 Å². The third-order valence-corrected chi connectivity index (χ3v) is 4.43. The number of hydrogen-bond donors (Lipinski definition) is 0. The Kier molecular flexibility index (Phi) is 6.42. The summed E-state index contributed by atoms with van der Waals surface area (Å²) in [5, 5.41) is 0. The van der Waals surface area contributed by atoms with E-state index in [9.17, 15) is 8.42 Å². The SMILES string of the molecule is CCCC(CCl)(CCl)CCS(C)(=O)=O. The Labute approximate surface area is 96.9 Å². The molecule has 0 spiro atoms. The average molecular weight is 261 g/mol. The Balaban J connectivity index is 4.35. The van der Waals surface area contributed by atoms with Crippen LogP contribution >= 0.6 is 23.2 Å². The number of hydrogen-bond acceptors (Lipinski definition) is 2. The van der Waals surface area contributed by atoms with Crippen molar-refractivity contribution in [3.8, 4) is 0 Å². The van der Waals surface area contributed by atoms with Gasteiger partial charge in [0.2, 0.25) is 0 Å². The highest BCUT2D eigenvalue weighted by Gasteiger charge is 2.28. The monoisotopic (exact) mass is 260 g/mol. The Bertz CT molecular complexity index is 246. The summed E-state index contributed by atoms with van der Waals surface area (Å²) in [6.07, 6.45) is 3.66. The second kappa shape index (κ2) is 6.19. The van der Waals surface area contributed by atoms with E-state index in [0.29, 0.717) is 18.2 Å². The van der Waals surface area contributed by atoms with Gasteiger partial charge in [0.1, 0.15) is 9.84 Å². The molecule has 0 heterocycles. The summed E-state index contributed by atoms with van der Waals surface area (Å²) in [6, 6.07) is 0. The zero-order chi connectivity index (χ0) is 11.2. The Hall–Kier alpha value is 0.530. The van der Waals surface area contributed by atoms with Gasteiger partial charge in [-0.3, -0.25) is 0 Å². The van der Waals surface area contributed by atoms with Gasteiger partial charge < -0.3 is 0 Å². The topological polar surface area (TPSA) is 34.1 Å². The summed E-state index contributed by atoms with van der Waals surface area (Å²) in [7, 11) is -2.91. The largest absolute Gasteiger partial charge is 0.229 e. The molecule has 0 aliphatic heterocycles. The molecule has 5 heteroatoms. The smallest absolute Gasteiger partial charge is 0.147 e. The maximum Gasteiger partial charge on any atom is 0.147 e. The highest BCUT2D eigenvalue weighted by atomic mass is 35.5. The van der Waals surface area contributed by atoms with Gasteiger partial charge in [-0.15, -0.1) is 23.2 Å². The summed E-state index contributed by atoms with van der Waals surface area (Å²) in [5.74, 6) is 1.03. The average Bonchev–Trinajstić information content (AvgIpc) is 2.11. The summed E-state index contributed by atoms with van der Waals surface area (Å²) in [6.45, 7) is 2.05. The number of alkyl halides is 2. The molecule has 0 radical (unpaired) electrons. The van der Waals surface area contributed by atoms with Crippen LogP contribution in [0.25, 0.3) is 0 Å². The third-order valence-electron chi connectivity index (χ3n) is 2.35. The van der Waals surface area contributed by atoms with Crippen molar-refractivity contribution in [3.63, 3.8) is 0 Å². The quantitative estimate of drug-likeness (QED) is 0.660. The van der Waals surface area contributed by atoms with Crippen molar-refractivity contribution in [2.75, 3.05) is 23.8 Å². The molecule has 0 aromatic heterocycles. The van der Waals surface area contributed by atoms with Gasteiger partial charge in [-0.05, 0) is 18.3 Å². The molecule has 14 heavy (non-hydrogen) atoms. The van der Waals surface area contributed by atoms with Crippen LogP contribution in [0.5, 0.6) is 0 Å². The molecule has 0 aromatic carbocycles. The maximum absolute atomic E-state index is 11.0. The normalized spacial score (nSPS) is 13.1. The van der Waals surface area contributed by atoms with E-state index >= 15 is 0 Å². The fourth-order valence-corrected chi connectivity index (χ4v) is 2.98. The first-order valence-electron chi connectivity index (χ1n) is 4.69. The van der Waals surface area contributed by atoms with Crippen molar-refractivity contribution in [2.45, 2.75) is 26.2 Å². The molecule has 0 aromatic rings. The van der Waals surface area contributed by atoms with Crippen molar-refractivity contribution in [3.05, 3.63) is 0 Å². The van der Waals surface area contributed by atoms with Crippen LogP contribution in [0.2, 0.25) is 0 Å². The first-order chi connectivity index (χ1) is 6.39. The van der Waals surface area contributed by atoms with Crippen LogP contribution in [0.3, 0.4) is 0 Å². The molecule has 0 N–H and O–H groups in total. The Morgan fingerprint density at radius 1 is 1.14 bits per heavy atom. The first kappa shape index (κ1) is 14.5. The van der Waals surface area contributed by atoms with E-state index in [4.69, 9.17) is 23.2 Å². The lowest BCUT2D eigenvalue weighted by Crippen LogP contribution is -2.28. The number of rotatable bonds is 7. The predicted molar refractivity (Wildman–Crippen MR) is 63.1 cm³/mol. The molecule has 0 saturated heterocycles. The van der Waals surface area contributed by atoms with E-state index in [1.807, 2.05) is 6.92 Å². The van der Waals surface area contributed by atoms with Gasteiger partial charge in [-0.25, -0.2) is 8.42 Å². The van der Waals surface area contributed by atoms with Gasteiger partial charge >= 0.3 is 0 Å². The van der Waals surface area contributed by atoms with Crippen LogP contribution in [0, 0.1) is 5.41 Å². The molecule has 0 aliphatic carbocycles. The van der Waals surface area contributed by atoms with Crippen molar-refractivity contribution in [2.24, 2.45) is 5.41 Å². The molecular weight excluding hydrogens is 243 g/mol.